The summed E-state index contributed by atoms with van der Waals surface area (Å²) >= 11 is 0. The first-order chi connectivity index (χ1) is 13.0. The maximum absolute atomic E-state index is 12.7. The van der Waals surface area contributed by atoms with Crippen LogP contribution in [0.1, 0.15) is 60.4 Å². The van der Waals surface area contributed by atoms with Crippen molar-refractivity contribution in [2.75, 3.05) is 6.61 Å². The molecule has 4 rings (SSSR count). The molecule has 0 saturated heterocycles. The van der Waals surface area contributed by atoms with Crippen molar-refractivity contribution < 1.29 is 14.1 Å². The average Bonchev–Trinajstić information content (AvgIpc) is 3.55. The summed E-state index contributed by atoms with van der Waals surface area (Å²) in [7, 11) is 1.59. The minimum atomic E-state index is -0.517. The summed E-state index contributed by atoms with van der Waals surface area (Å²) < 4.78 is 11.9. The van der Waals surface area contributed by atoms with E-state index in [4.69, 9.17) is 4.74 Å². The summed E-state index contributed by atoms with van der Waals surface area (Å²) in [5, 5.41) is 6.64. The molecule has 1 atom stereocenters. The van der Waals surface area contributed by atoms with Crippen LogP contribution >= 0.6 is 0 Å². The highest BCUT2D eigenvalue weighted by atomic mass is 16.5. The molecular weight excluding hydrogens is 348 g/mol. The number of nitrogens with one attached hydrogen (secondary N) is 1. The van der Waals surface area contributed by atoms with Crippen molar-refractivity contribution in [1.82, 2.24) is 20.0 Å². The van der Waals surface area contributed by atoms with Gasteiger partial charge in [0, 0.05) is 25.7 Å². The number of rotatable bonds is 8. The Morgan fingerprint density at radius 1 is 1.41 bits per heavy atom. The Balaban J connectivity index is 1.46. The maximum atomic E-state index is 12.7. The second-order valence-electron chi connectivity index (χ2n) is 7.65. The third-order valence-corrected chi connectivity index (χ3v) is 5.07. The number of nitrogens with zero attached hydrogens (tertiary/aromatic N) is 3. The first-order valence-corrected chi connectivity index (χ1v) is 9.46. The predicted octanol–water partition coefficient (Wildman–Crippen LogP) is 1.80. The SMILES string of the molecule is CC(Cc1noc(=O)n1C)NC(=O)c1ncc(C2CC2)cc1OCC1CC1. The van der Waals surface area contributed by atoms with E-state index in [1.165, 1.54) is 30.3 Å². The molecule has 8 nitrogen and oxygen atoms in total. The van der Waals surface area contributed by atoms with Gasteiger partial charge in [-0.1, -0.05) is 5.16 Å². The van der Waals surface area contributed by atoms with Crippen LogP contribution in [0.15, 0.2) is 21.6 Å². The van der Waals surface area contributed by atoms with Crippen molar-refractivity contribution in [2.24, 2.45) is 13.0 Å². The van der Waals surface area contributed by atoms with Crippen LogP contribution in [0, 0.1) is 5.92 Å². The van der Waals surface area contributed by atoms with Gasteiger partial charge in [0.25, 0.3) is 5.91 Å². The van der Waals surface area contributed by atoms with Gasteiger partial charge < -0.3 is 10.1 Å². The lowest BCUT2D eigenvalue weighted by molar-refractivity contribution is 0.0929. The van der Waals surface area contributed by atoms with Gasteiger partial charge in [-0.15, -0.1) is 0 Å². The number of carbonyl (C=O) groups excluding carboxylic acids is 1. The highest BCUT2D eigenvalue weighted by molar-refractivity contribution is 5.95. The van der Waals surface area contributed by atoms with Crippen molar-refractivity contribution in [1.29, 1.82) is 0 Å². The fourth-order valence-electron chi connectivity index (χ4n) is 2.98. The molecule has 0 spiro atoms. The molecular formula is C19H24N4O4. The zero-order valence-electron chi connectivity index (χ0n) is 15.6. The third kappa shape index (κ3) is 4.20. The Morgan fingerprint density at radius 3 is 2.81 bits per heavy atom. The largest absolute Gasteiger partial charge is 0.491 e. The lowest BCUT2D eigenvalue weighted by Gasteiger charge is -2.15. The van der Waals surface area contributed by atoms with E-state index in [-0.39, 0.29) is 11.9 Å². The normalized spacial score (nSPS) is 17.6. The second kappa shape index (κ2) is 7.17. The number of hydrogen-bond acceptors (Lipinski definition) is 6. The zero-order valence-corrected chi connectivity index (χ0v) is 15.6. The number of hydrogen-bond donors (Lipinski definition) is 1. The van der Waals surface area contributed by atoms with Gasteiger partial charge in [0.1, 0.15) is 0 Å². The number of carbonyl (C=O) groups is 1. The highest BCUT2D eigenvalue weighted by Crippen LogP contribution is 2.41. The van der Waals surface area contributed by atoms with E-state index in [2.05, 4.69) is 20.0 Å². The Labute approximate surface area is 156 Å². The van der Waals surface area contributed by atoms with Crippen LogP contribution in [-0.4, -0.2) is 33.3 Å². The molecule has 2 saturated carbocycles. The van der Waals surface area contributed by atoms with Gasteiger partial charge in [0.05, 0.1) is 6.61 Å². The summed E-state index contributed by atoms with van der Waals surface area (Å²) in [5.41, 5.74) is 1.45. The maximum Gasteiger partial charge on any atom is 0.441 e. The van der Waals surface area contributed by atoms with Gasteiger partial charge in [0.15, 0.2) is 17.3 Å². The van der Waals surface area contributed by atoms with E-state index < -0.39 is 5.76 Å². The van der Waals surface area contributed by atoms with Gasteiger partial charge >= 0.3 is 5.76 Å². The Hall–Kier alpha value is -2.64. The van der Waals surface area contributed by atoms with E-state index in [9.17, 15) is 9.59 Å². The molecule has 0 radical (unpaired) electrons. The van der Waals surface area contributed by atoms with Gasteiger partial charge in [-0.05, 0) is 56.1 Å². The summed E-state index contributed by atoms with van der Waals surface area (Å²) in [5.74, 6) is 1.38. The van der Waals surface area contributed by atoms with Crippen LogP contribution in [0.4, 0.5) is 0 Å². The minimum Gasteiger partial charge on any atom is -0.491 e. The van der Waals surface area contributed by atoms with Crippen LogP contribution in [0.5, 0.6) is 5.75 Å². The van der Waals surface area contributed by atoms with Crippen molar-refractivity contribution in [2.45, 2.75) is 51.0 Å². The quantitative estimate of drug-likeness (QED) is 0.758. The summed E-state index contributed by atoms with van der Waals surface area (Å²) in [6, 6.07) is 1.72. The molecule has 1 unspecified atom stereocenters. The van der Waals surface area contributed by atoms with Crippen molar-refractivity contribution in [3.05, 3.63) is 39.9 Å². The van der Waals surface area contributed by atoms with Crippen LogP contribution in [-0.2, 0) is 13.5 Å². The lowest BCUT2D eigenvalue weighted by Crippen LogP contribution is -2.35. The molecule has 2 aliphatic rings. The van der Waals surface area contributed by atoms with Crippen molar-refractivity contribution >= 4 is 5.91 Å². The number of pyridine rings is 1. The molecule has 2 aromatic heterocycles. The van der Waals surface area contributed by atoms with Gasteiger partial charge in [-0.25, -0.2) is 9.78 Å². The fraction of sp³-hybridized carbons (Fsp3) is 0.579. The van der Waals surface area contributed by atoms with E-state index in [0.29, 0.717) is 42.1 Å². The third-order valence-electron chi connectivity index (χ3n) is 5.07. The van der Waals surface area contributed by atoms with Crippen LogP contribution < -0.4 is 15.8 Å². The molecule has 2 aromatic rings. The molecule has 0 aliphatic heterocycles. The molecule has 144 valence electrons. The van der Waals surface area contributed by atoms with Crippen molar-refractivity contribution in [3.63, 3.8) is 0 Å². The van der Waals surface area contributed by atoms with Crippen LogP contribution in [0.2, 0.25) is 0 Å². The first-order valence-electron chi connectivity index (χ1n) is 9.46. The molecule has 2 heterocycles. The zero-order chi connectivity index (χ0) is 19.0. The predicted molar refractivity (Wildman–Crippen MR) is 96.8 cm³/mol. The number of amides is 1. The number of aromatic nitrogens is 3. The molecule has 2 fully saturated rings. The van der Waals surface area contributed by atoms with E-state index in [1.807, 2.05) is 13.0 Å². The standard InChI is InChI=1S/C19H24N4O4/c1-11(7-16-22-27-19(25)23(16)2)21-18(24)17-15(26-10-12-3-4-12)8-14(9-20-17)13-5-6-13/h8-9,11-13H,3-7,10H2,1-2H3,(H,21,24). The topological polar surface area (TPSA) is 99.2 Å². The Kier molecular flexibility index (Phi) is 4.72. The highest BCUT2D eigenvalue weighted by Gasteiger charge is 2.28. The van der Waals surface area contributed by atoms with Gasteiger partial charge in [0.2, 0.25) is 0 Å². The van der Waals surface area contributed by atoms with Gasteiger partial charge in [-0.2, -0.15) is 0 Å². The molecule has 27 heavy (non-hydrogen) atoms. The smallest absolute Gasteiger partial charge is 0.441 e. The molecule has 1 N–H and O–H groups in total. The molecule has 0 aromatic carbocycles. The fourth-order valence-corrected chi connectivity index (χ4v) is 2.98. The lowest BCUT2D eigenvalue weighted by atomic mass is 10.1. The monoisotopic (exact) mass is 372 g/mol. The summed E-state index contributed by atoms with van der Waals surface area (Å²) in [6.45, 7) is 2.48. The summed E-state index contributed by atoms with van der Waals surface area (Å²) in [6.07, 6.45) is 6.87. The second-order valence-corrected chi connectivity index (χ2v) is 7.65. The molecule has 2 aliphatic carbocycles. The summed E-state index contributed by atoms with van der Waals surface area (Å²) in [4.78, 5) is 28.5. The first kappa shape index (κ1) is 17.8. The average molecular weight is 372 g/mol. The van der Waals surface area contributed by atoms with E-state index in [0.717, 1.165) is 5.56 Å². The van der Waals surface area contributed by atoms with Gasteiger partial charge in [-0.3, -0.25) is 13.9 Å². The van der Waals surface area contributed by atoms with Crippen LogP contribution in [0.25, 0.3) is 0 Å². The van der Waals surface area contributed by atoms with Crippen molar-refractivity contribution in [3.8, 4) is 5.75 Å². The minimum absolute atomic E-state index is 0.241. The van der Waals surface area contributed by atoms with E-state index in [1.54, 1.807) is 13.2 Å². The van der Waals surface area contributed by atoms with Crippen LogP contribution in [0.3, 0.4) is 0 Å². The Morgan fingerprint density at radius 2 is 2.19 bits per heavy atom. The molecule has 0 bridgehead atoms. The van der Waals surface area contributed by atoms with E-state index >= 15 is 0 Å². The molecule has 8 heteroatoms. The number of ether oxygens (including phenoxy) is 1. The molecule has 1 amide bonds. The Bertz CT molecular complexity index is 895.